The Hall–Kier alpha value is -1.83. The van der Waals surface area contributed by atoms with E-state index < -0.39 is 28.0 Å². The third kappa shape index (κ3) is 3.26. The molecule has 2 rings (SSSR count). The van der Waals surface area contributed by atoms with E-state index in [-0.39, 0.29) is 12.2 Å². The highest BCUT2D eigenvalue weighted by Gasteiger charge is 2.39. The van der Waals surface area contributed by atoms with Gasteiger partial charge >= 0.3 is 6.18 Å². The Morgan fingerprint density at radius 2 is 2.10 bits per heavy atom. The van der Waals surface area contributed by atoms with E-state index in [0.29, 0.717) is 6.07 Å². The Labute approximate surface area is 119 Å². The van der Waals surface area contributed by atoms with Crippen LogP contribution in [0.15, 0.2) is 18.2 Å². The van der Waals surface area contributed by atoms with Gasteiger partial charge in [-0.1, -0.05) is 0 Å². The molecule has 0 amide bonds. The molecule has 1 aliphatic carbocycles. The van der Waals surface area contributed by atoms with Gasteiger partial charge in [-0.3, -0.25) is 10.1 Å². The second-order valence-corrected chi connectivity index (χ2v) is 5.08. The van der Waals surface area contributed by atoms with Crippen LogP contribution in [0.4, 0.5) is 24.5 Å². The van der Waals surface area contributed by atoms with Crippen LogP contribution in [0.3, 0.4) is 0 Å². The fourth-order valence-corrected chi connectivity index (χ4v) is 2.31. The van der Waals surface area contributed by atoms with E-state index in [4.69, 9.17) is 4.74 Å². The lowest BCUT2D eigenvalue weighted by Gasteiger charge is -2.40. The Morgan fingerprint density at radius 3 is 2.52 bits per heavy atom. The van der Waals surface area contributed by atoms with Crippen molar-refractivity contribution >= 4 is 11.4 Å². The van der Waals surface area contributed by atoms with Crippen molar-refractivity contribution in [2.24, 2.45) is 0 Å². The van der Waals surface area contributed by atoms with Crippen LogP contribution in [0.1, 0.15) is 24.8 Å². The summed E-state index contributed by atoms with van der Waals surface area (Å²) in [4.78, 5) is 9.76. The molecule has 116 valence electrons. The number of methoxy groups -OCH3 is 1. The van der Waals surface area contributed by atoms with Gasteiger partial charge in [0.15, 0.2) is 0 Å². The van der Waals surface area contributed by atoms with Crippen molar-refractivity contribution in [1.29, 1.82) is 0 Å². The normalized spacial score (nSPS) is 17.1. The SMILES string of the molecule is COC1(CNc2ccc([N+](=O)[O-])cc2C(F)(F)F)CCC1. The summed E-state index contributed by atoms with van der Waals surface area (Å²) in [5, 5.41) is 13.3. The van der Waals surface area contributed by atoms with Gasteiger partial charge in [-0.15, -0.1) is 0 Å². The monoisotopic (exact) mass is 304 g/mol. The molecule has 0 aromatic heterocycles. The fraction of sp³-hybridized carbons (Fsp3) is 0.538. The van der Waals surface area contributed by atoms with Gasteiger partial charge in [0.1, 0.15) is 0 Å². The number of non-ortho nitro benzene ring substituents is 1. The summed E-state index contributed by atoms with van der Waals surface area (Å²) < 4.78 is 44.3. The molecule has 0 saturated heterocycles. The number of benzene rings is 1. The van der Waals surface area contributed by atoms with E-state index in [1.54, 1.807) is 0 Å². The first kappa shape index (κ1) is 15.6. The number of halogens is 3. The summed E-state index contributed by atoms with van der Waals surface area (Å²) in [6.07, 6.45) is -2.12. The molecule has 0 unspecified atom stereocenters. The van der Waals surface area contributed by atoms with E-state index in [1.807, 2.05) is 0 Å². The van der Waals surface area contributed by atoms with E-state index in [9.17, 15) is 23.3 Å². The molecule has 8 heteroatoms. The summed E-state index contributed by atoms with van der Waals surface area (Å²) in [5.74, 6) is 0. The Morgan fingerprint density at radius 1 is 1.43 bits per heavy atom. The van der Waals surface area contributed by atoms with Crippen LogP contribution >= 0.6 is 0 Å². The summed E-state index contributed by atoms with van der Waals surface area (Å²) >= 11 is 0. The molecule has 0 bridgehead atoms. The van der Waals surface area contributed by atoms with Crippen molar-refractivity contribution in [1.82, 2.24) is 0 Å². The molecule has 21 heavy (non-hydrogen) atoms. The topological polar surface area (TPSA) is 64.4 Å². The van der Waals surface area contributed by atoms with Gasteiger partial charge in [-0.25, -0.2) is 0 Å². The van der Waals surface area contributed by atoms with Crippen LogP contribution in [0, 0.1) is 10.1 Å². The second-order valence-electron chi connectivity index (χ2n) is 5.08. The smallest absolute Gasteiger partial charge is 0.382 e. The van der Waals surface area contributed by atoms with Crippen LogP contribution in [0.2, 0.25) is 0 Å². The lowest BCUT2D eigenvalue weighted by atomic mass is 9.80. The zero-order chi connectivity index (χ0) is 15.7. The first-order valence-corrected chi connectivity index (χ1v) is 6.42. The van der Waals surface area contributed by atoms with Crippen molar-refractivity contribution in [2.75, 3.05) is 19.0 Å². The lowest BCUT2D eigenvalue weighted by molar-refractivity contribution is -0.385. The average Bonchev–Trinajstić information content (AvgIpc) is 2.36. The van der Waals surface area contributed by atoms with E-state index in [0.717, 1.165) is 31.4 Å². The van der Waals surface area contributed by atoms with Crippen molar-refractivity contribution in [2.45, 2.75) is 31.0 Å². The van der Waals surface area contributed by atoms with Gasteiger partial charge in [-0.2, -0.15) is 13.2 Å². The highest BCUT2D eigenvalue weighted by Crippen LogP contribution is 2.39. The number of anilines is 1. The van der Waals surface area contributed by atoms with Gasteiger partial charge in [0.05, 0.1) is 16.1 Å². The number of nitro groups is 1. The van der Waals surface area contributed by atoms with Crippen molar-refractivity contribution in [3.63, 3.8) is 0 Å². The van der Waals surface area contributed by atoms with Gasteiger partial charge in [-0.05, 0) is 25.3 Å². The average molecular weight is 304 g/mol. The first-order chi connectivity index (χ1) is 9.77. The molecule has 0 aliphatic heterocycles. The van der Waals surface area contributed by atoms with Crippen LogP contribution in [-0.4, -0.2) is 24.2 Å². The molecule has 1 N–H and O–H groups in total. The molecule has 0 spiro atoms. The molecule has 0 radical (unpaired) electrons. The van der Waals surface area contributed by atoms with Crippen LogP contribution in [0.25, 0.3) is 0 Å². The molecule has 1 aromatic rings. The summed E-state index contributed by atoms with van der Waals surface area (Å²) in [6, 6.07) is 2.68. The zero-order valence-electron chi connectivity index (χ0n) is 11.4. The molecule has 1 saturated carbocycles. The summed E-state index contributed by atoms with van der Waals surface area (Å²) in [6.45, 7) is 0.240. The van der Waals surface area contributed by atoms with Crippen LogP contribution < -0.4 is 5.32 Å². The standard InChI is InChI=1S/C13H15F3N2O3/c1-21-12(5-2-6-12)8-17-11-4-3-9(18(19)20)7-10(11)13(14,15)16/h3-4,7,17H,2,5-6,8H2,1H3. The molecule has 0 atom stereocenters. The maximum Gasteiger partial charge on any atom is 0.418 e. The van der Waals surface area contributed by atoms with Crippen LogP contribution in [-0.2, 0) is 10.9 Å². The molecule has 1 aliphatic rings. The molecule has 5 nitrogen and oxygen atoms in total. The minimum Gasteiger partial charge on any atom is -0.382 e. The Kier molecular flexibility index (Phi) is 4.08. The van der Waals surface area contributed by atoms with E-state index >= 15 is 0 Å². The lowest BCUT2D eigenvalue weighted by Crippen LogP contribution is -2.45. The minimum absolute atomic E-state index is 0.170. The molecule has 0 heterocycles. The summed E-state index contributed by atoms with van der Waals surface area (Å²) in [7, 11) is 1.53. The van der Waals surface area contributed by atoms with Gasteiger partial charge in [0.25, 0.3) is 5.69 Å². The number of rotatable bonds is 5. The third-order valence-electron chi connectivity index (χ3n) is 3.82. The number of hydrogen-bond donors (Lipinski definition) is 1. The number of nitrogens with one attached hydrogen (secondary N) is 1. The maximum absolute atomic E-state index is 13.0. The predicted molar refractivity (Wildman–Crippen MR) is 70.2 cm³/mol. The molecule has 1 fully saturated rings. The largest absolute Gasteiger partial charge is 0.418 e. The summed E-state index contributed by atoms with van der Waals surface area (Å²) in [5.41, 5.74) is -2.23. The van der Waals surface area contributed by atoms with Crippen molar-refractivity contribution < 1.29 is 22.8 Å². The number of ether oxygens (including phenoxy) is 1. The number of alkyl halides is 3. The highest BCUT2D eigenvalue weighted by molar-refractivity contribution is 5.57. The highest BCUT2D eigenvalue weighted by atomic mass is 19.4. The van der Waals surface area contributed by atoms with Crippen molar-refractivity contribution in [3.8, 4) is 0 Å². The number of hydrogen-bond acceptors (Lipinski definition) is 4. The number of nitrogens with zero attached hydrogens (tertiary/aromatic N) is 1. The van der Waals surface area contributed by atoms with Crippen LogP contribution in [0.5, 0.6) is 0 Å². The maximum atomic E-state index is 13.0. The third-order valence-corrected chi connectivity index (χ3v) is 3.82. The van der Waals surface area contributed by atoms with Gasteiger partial charge in [0.2, 0.25) is 0 Å². The number of nitro benzene ring substituents is 1. The van der Waals surface area contributed by atoms with Gasteiger partial charge in [0, 0.05) is 31.5 Å². The minimum atomic E-state index is -4.66. The zero-order valence-corrected chi connectivity index (χ0v) is 11.4. The van der Waals surface area contributed by atoms with Crippen molar-refractivity contribution in [3.05, 3.63) is 33.9 Å². The van der Waals surface area contributed by atoms with E-state index in [1.165, 1.54) is 7.11 Å². The fourth-order valence-electron chi connectivity index (χ4n) is 2.31. The predicted octanol–water partition coefficient (Wildman–Crippen LogP) is 3.59. The Balaban J connectivity index is 2.24. The van der Waals surface area contributed by atoms with E-state index in [2.05, 4.69) is 5.32 Å². The molecular formula is C13H15F3N2O3. The van der Waals surface area contributed by atoms with Gasteiger partial charge < -0.3 is 10.1 Å². The molecule has 1 aromatic carbocycles. The second kappa shape index (κ2) is 5.51. The first-order valence-electron chi connectivity index (χ1n) is 6.42. The molecular weight excluding hydrogens is 289 g/mol. The Bertz CT molecular complexity index is 536. The quantitative estimate of drug-likeness (QED) is 0.667.